The Kier molecular flexibility index (Phi) is 6.19. The van der Waals surface area contributed by atoms with Crippen molar-refractivity contribution < 1.29 is 23.9 Å². The van der Waals surface area contributed by atoms with E-state index in [0.717, 1.165) is 4.90 Å². The summed E-state index contributed by atoms with van der Waals surface area (Å²) in [5, 5.41) is 2.72. The van der Waals surface area contributed by atoms with Crippen molar-refractivity contribution in [3.8, 4) is 0 Å². The zero-order valence-electron chi connectivity index (χ0n) is 15.7. The first-order chi connectivity index (χ1) is 13.5. The molecule has 5 amide bonds. The number of urea groups is 1. The van der Waals surface area contributed by atoms with Crippen LogP contribution in [0.15, 0.2) is 29.3 Å². The molecule has 1 unspecified atom stereocenters. The van der Waals surface area contributed by atoms with Crippen LogP contribution >= 0.6 is 0 Å². The SMILES string of the molecule is COC(=O)N1CCN(CCNC(=O)CN2C(=O)N=C3C=CC=CC3C2=O)CC1. The highest BCUT2D eigenvalue weighted by atomic mass is 16.5. The van der Waals surface area contributed by atoms with Crippen LogP contribution in [0.2, 0.25) is 0 Å². The van der Waals surface area contributed by atoms with Crippen LogP contribution in [0, 0.1) is 5.92 Å². The number of hydrogen-bond donors (Lipinski definition) is 1. The topological polar surface area (TPSA) is 112 Å². The number of carbonyl (C=O) groups is 4. The van der Waals surface area contributed by atoms with Crippen molar-refractivity contribution in [2.24, 2.45) is 10.9 Å². The maximum absolute atomic E-state index is 12.4. The maximum Gasteiger partial charge on any atom is 0.409 e. The molecule has 2 aliphatic heterocycles. The van der Waals surface area contributed by atoms with E-state index in [9.17, 15) is 19.2 Å². The van der Waals surface area contributed by atoms with E-state index in [0.29, 0.717) is 45.0 Å². The van der Waals surface area contributed by atoms with E-state index in [2.05, 4.69) is 15.2 Å². The molecule has 10 heteroatoms. The average Bonchev–Trinajstić information content (AvgIpc) is 2.71. The number of imide groups is 1. The van der Waals surface area contributed by atoms with Crippen molar-refractivity contribution >= 4 is 29.7 Å². The lowest BCUT2D eigenvalue weighted by Crippen LogP contribution is -2.52. The van der Waals surface area contributed by atoms with Gasteiger partial charge < -0.3 is 15.0 Å². The number of piperazine rings is 1. The molecular formula is C18H23N5O5. The Labute approximate surface area is 162 Å². The van der Waals surface area contributed by atoms with E-state index in [-0.39, 0.29) is 12.6 Å². The van der Waals surface area contributed by atoms with Gasteiger partial charge in [0.25, 0.3) is 0 Å². The summed E-state index contributed by atoms with van der Waals surface area (Å²) >= 11 is 0. The van der Waals surface area contributed by atoms with Gasteiger partial charge in [-0.15, -0.1) is 0 Å². The Hall–Kier alpha value is -3.01. The fourth-order valence-electron chi connectivity index (χ4n) is 3.26. The molecular weight excluding hydrogens is 366 g/mol. The number of nitrogens with zero attached hydrogens (tertiary/aromatic N) is 4. The van der Waals surface area contributed by atoms with Crippen LogP contribution < -0.4 is 5.32 Å². The first-order valence-corrected chi connectivity index (χ1v) is 9.10. The van der Waals surface area contributed by atoms with Gasteiger partial charge in [0, 0.05) is 39.3 Å². The summed E-state index contributed by atoms with van der Waals surface area (Å²) in [7, 11) is 1.36. The summed E-state index contributed by atoms with van der Waals surface area (Å²) in [6.45, 7) is 3.16. The first-order valence-electron chi connectivity index (χ1n) is 9.10. The number of allylic oxidation sites excluding steroid dienone is 3. The van der Waals surface area contributed by atoms with Gasteiger partial charge in [-0.3, -0.25) is 19.4 Å². The number of methoxy groups -OCH3 is 1. The van der Waals surface area contributed by atoms with Gasteiger partial charge in [-0.1, -0.05) is 18.2 Å². The molecule has 0 radical (unpaired) electrons. The number of hydrogen-bond acceptors (Lipinski definition) is 6. The third-order valence-electron chi connectivity index (χ3n) is 4.85. The van der Waals surface area contributed by atoms with Crippen molar-refractivity contribution in [1.29, 1.82) is 0 Å². The molecule has 1 saturated heterocycles. The standard InChI is InChI=1S/C18H23N5O5/c1-28-18(27)22-10-8-21(9-11-22)7-6-19-15(24)12-23-16(25)13-4-2-3-5-14(13)20-17(23)26/h2-5,13H,6-12H2,1H3,(H,19,24). The van der Waals surface area contributed by atoms with Crippen molar-refractivity contribution in [3.63, 3.8) is 0 Å². The number of rotatable bonds is 5. The normalized spacial score (nSPS) is 22.0. The molecule has 1 aliphatic carbocycles. The third kappa shape index (κ3) is 4.45. The summed E-state index contributed by atoms with van der Waals surface area (Å²) in [5.41, 5.74) is 0.403. The average molecular weight is 389 g/mol. The zero-order valence-corrected chi connectivity index (χ0v) is 15.7. The molecule has 1 fully saturated rings. The largest absolute Gasteiger partial charge is 0.453 e. The lowest BCUT2D eigenvalue weighted by molar-refractivity contribution is -0.134. The van der Waals surface area contributed by atoms with E-state index >= 15 is 0 Å². The molecule has 3 rings (SSSR count). The zero-order chi connectivity index (χ0) is 20.1. The molecule has 10 nitrogen and oxygen atoms in total. The number of nitrogens with one attached hydrogen (secondary N) is 1. The van der Waals surface area contributed by atoms with Crippen molar-refractivity contribution in [2.75, 3.05) is 52.9 Å². The van der Waals surface area contributed by atoms with Gasteiger partial charge in [-0.05, 0) is 6.08 Å². The molecule has 1 N–H and O–H groups in total. The van der Waals surface area contributed by atoms with Crippen LogP contribution in [0.5, 0.6) is 0 Å². The highest BCUT2D eigenvalue weighted by Crippen LogP contribution is 2.19. The number of ether oxygens (including phenoxy) is 1. The molecule has 150 valence electrons. The molecule has 3 aliphatic rings. The Balaban J connectivity index is 1.42. The van der Waals surface area contributed by atoms with Crippen molar-refractivity contribution in [3.05, 3.63) is 24.3 Å². The van der Waals surface area contributed by atoms with Crippen LogP contribution in [0.4, 0.5) is 9.59 Å². The fraction of sp³-hybridized carbons (Fsp3) is 0.500. The molecule has 2 heterocycles. The monoisotopic (exact) mass is 389 g/mol. The molecule has 0 aromatic carbocycles. The van der Waals surface area contributed by atoms with Gasteiger partial charge in [0.05, 0.1) is 18.7 Å². The lowest BCUT2D eigenvalue weighted by atomic mass is 9.95. The number of aliphatic imine (C=N–C) groups is 1. The van der Waals surface area contributed by atoms with Gasteiger partial charge in [0.2, 0.25) is 11.8 Å². The maximum atomic E-state index is 12.4. The molecule has 28 heavy (non-hydrogen) atoms. The van der Waals surface area contributed by atoms with Crippen LogP contribution in [0.25, 0.3) is 0 Å². The predicted octanol–water partition coefficient (Wildman–Crippen LogP) is -0.368. The minimum atomic E-state index is -0.717. The van der Waals surface area contributed by atoms with E-state index < -0.39 is 23.8 Å². The Morgan fingerprint density at radius 2 is 1.96 bits per heavy atom. The summed E-state index contributed by atoms with van der Waals surface area (Å²) in [5.74, 6) is -1.46. The Bertz CT molecular complexity index is 751. The van der Waals surface area contributed by atoms with Gasteiger partial charge >= 0.3 is 12.1 Å². The molecule has 0 bridgehead atoms. The number of amides is 5. The summed E-state index contributed by atoms with van der Waals surface area (Å²) in [6, 6.07) is -0.717. The molecule has 0 spiro atoms. The highest BCUT2D eigenvalue weighted by molar-refractivity contribution is 6.22. The van der Waals surface area contributed by atoms with Crippen LogP contribution in [-0.2, 0) is 14.3 Å². The molecule has 0 aromatic rings. The van der Waals surface area contributed by atoms with Gasteiger partial charge in [-0.25, -0.2) is 9.59 Å². The molecule has 0 saturated carbocycles. The number of fused-ring (bicyclic) bond motifs is 1. The van der Waals surface area contributed by atoms with Gasteiger partial charge in [0.15, 0.2) is 0 Å². The van der Waals surface area contributed by atoms with Gasteiger partial charge in [0.1, 0.15) is 6.54 Å². The second-order valence-electron chi connectivity index (χ2n) is 6.61. The third-order valence-corrected chi connectivity index (χ3v) is 4.85. The van der Waals surface area contributed by atoms with Crippen LogP contribution in [-0.4, -0.2) is 97.3 Å². The van der Waals surface area contributed by atoms with Crippen LogP contribution in [0.3, 0.4) is 0 Å². The fourth-order valence-corrected chi connectivity index (χ4v) is 3.26. The van der Waals surface area contributed by atoms with Crippen molar-refractivity contribution in [2.45, 2.75) is 0 Å². The quantitative estimate of drug-likeness (QED) is 0.687. The van der Waals surface area contributed by atoms with E-state index in [1.807, 2.05) is 0 Å². The smallest absolute Gasteiger partial charge is 0.409 e. The van der Waals surface area contributed by atoms with Crippen LogP contribution in [0.1, 0.15) is 0 Å². The Morgan fingerprint density at radius 1 is 1.21 bits per heavy atom. The second kappa shape index (κ2) is 8.79. The molecule has 1 atom stereocenters. The van der Waals surface area contributed by atoms with Gasteiger partial charge in [-0.2, -0.15) is 4.99 Å². The second-order valence-corrected chi connectivity index (χ2v) is 6.61. The first kappa shape index (κ1) is 19.7. The van der Waals surface area contributed by atoms with Crippen molar-refractivity contribution in [1.82, 2.24) is 20.0 Å². The summed E-state index contributed by atoms with van der Waals surface area (Å²) < 4.78 is 4.69. The predicted molar refractivity (Wildman–Crippen MR) is 99.7 cm³/mol. The summed E-state index contributed by atoms with van der Waals surface area (Å²) in [4.78, 5) is 56.6. The summed E-state index contributed by atoms with van der Waals surface area (Å²) in [6.07, 6.45) is 6.38. The minimum absolute atomic E-state index is 0.335. The van der Waals surface area contributed by atoms with E-state index in [4.69, 9.17) is 4.74 Å². The Morgan fingerprint density at radius 3 is 2.68 bits per heavy atom. The van der Waals surface area contributed by atoms with E-state index in [1.54, 1.807) is 29.2 Å². The minimum Gasteiger partial charge on any atom is -0.453 e. The molecule has 0 aromatic heterocycles. The number of carbonyl (C=O) groups excluding carboxylic acids is 4. The van der Waals surface area contributed by atoms with E-state index in [1.165, 1.54) is 7.11 Å². The lowest BCUT2D eigenvalue weighted by Gasteiger charge is -2.33. The highest BCUT2D eigenvalue weighted by Gasteiger charge is 2.36.